The third-order valence-corrected chi connectivity index (χ3v) is 6.00. The number of amides is 1. The van der Waals surface area contributed by atoms with Crippen LogP contribution in [0, 0.1) is 6.92 Å². The van der Waals surface area contributed by atoms with E-state index in [0.29, 0.717) is 18.7 Å². The molecule has 1 aromatic heterocycles. The molecule has 1 aliphatic rings. The minimum absolute atomic E-state index is 0.0593. The maximum absolute atomic E-state index is 12.4. The molecule has 0 atom stereocenters. The number of sulfonamides is 1. The van der Waals surface area contributed by atoms with Crippen molar-refractivity contribution in [1.29, 1.82) is 0 Å². The van der Waals surface area contributed by atoms with Gasteiger partial charge in [0, 0.05) is 37.9 Å². The van der Waals surface area contributed by atoms with Crippen molar-refractivity contribution < 1.29 is 18.3 Å². The number of carbonyl (C=O) groups is 1. The molecule has 1 aromatic carbocycles. The topological polar surface area (TPSA) is 105 Å². The molecule has 2 aromatic rings. The second-order valence-corrected chi connectivity index (χ2v) is 8.33. The summed E-state index contributed by atoms with van der Waals surface area (Å²) in [7, 11) is -3.67. The van der Waals surface area contributed by atoms with Crippen molar-refractivity contribution >= 4 is 15.9 Å². The molecule has 0 radical (unpaired) electrons. The number of hydrogen-bond acceptors (Lipinski definition) is 5. The second kappa shape index (κ2) is 7.56. The summed E-state index contributed by atoms with van der Waals surface area (Å²) in [6.07, 6.45) is 3.82. The van der Waals surface area contributed by atoms with Gasteiger partial charge in [0.25, 0.3) is 5.91 Å². The maximum Gasteiger partial charge on any atom is 0.251 e. The molecule has 8 nitrogen and oxygen atoms in total. The fourth-order valence-electron chi connectivity index (χ4n) is 2.69. The summed E-state index contributed by atoms with van der Waals surface area (Å²) < 4.78 is 27.9. The molecule has 2 N–H and O–H groups in total. The third-order valence-electron chi connectivity index (χ3n) is 4.17. The van der Waals surface area contributed by atoms with Crippen LogP contribution in [0.3, 0.4) is 0 Å². The molecule has 0 spiro atoms. The Labute approximate surface area is 152 Å². The second-order valence-electron chi connectivity index (χ2n) is 6.39. The van der Waals surface area contributed by atoms with Crippen molar-refractivity contribution in [2.24, 2.45) is 0 Å². The van der Waals surface area contributed by atoms with E-state index in [1.165, 1.54) is 16.4 Å². The highest BCUT2D eigenvalue weighted by atomic mass is 32.2. The smallest absolute Gasteiger partial charge is 0.251 e. The fourth-order valence-corrected chi connectivity index (χ4v) is 4.26. The van der Waals surface area contributed by atoms with E-state index in [-0.39, 0.29) is 23.9 Å². The van der Waals surface area contributed by atoms with Gasteiger partial charge in [-0.05, 0) is 37.1 Å². The van der Waals surface area contributed by atoms with E-state index >= 15 is 0 Å². The van der Waals surface area contributed by atoms with Crippen LogP contribution in [-0.2, 0) is 16.6 Å². The standard InChI is InChI=1S/C17H22N4O4S/c1-13-9-19-20(10-13)7-3-6-18-17(23)14-4-2-5-16(8-14)26(24,25)21-11-15(22)12-21/h2,4-5,8-10,15,22H,3,6-7,11-12H2,1H3,(H,18,23). The average Bonchev–Trinajstić information content (AvgIpc) is 3.01. The van der Waals surface area contributed by atoms with Crippen LogP contribution in [0.5, 0.6) is 0 Å². The Bertz CT molecular complexity index is 888. The molecule has 1 saturated heterocycles. The number of β-amino-alcohol motifs (C(OH)–C–C–N with tert-alkyl or cyclic N) is 1. The van der Waals surface area contributed by atoms with Gasteiger partial charge in [0.2, 0.25) is 10.0 Å². The van der Waals surface area contributed by atoms with Crippen LogP contribution in [0.1, 0.15) is 22.3 Å². The van der Waals surface area contributed by atoms with E-state index in [2.05, 4.69) is 10.4 Å². The average molecular weight is 378 g/mol. The lowest BCUT2D eigenvalue weighted by Crippen LogP contribution is -2.53. The molecule has 3 rings (SSSR count). The zero-order chi connectivity index (χ0) is 18.7. The van der Waals surface area contributed by atoms with Crippen molar-refractivity contribution in [3.63, 3.8) is 0 Å². The Kier molecular flexibility index (Phi) is 5.40. The Balaban J connectivity index is 1.56. The van der Waals surface area contributed by atoms with Gasteiger partial charge in [-0.15, -0.1) is 0 Å². The van der Waals surface area contributed by atoms with Crippen LogP contribution in [-0.4, -0.2) is 59.3 Å². The molecule has 1 aliphatic heterocycles. The lowest BCUT2D eigenvalue weighted by molar-refractivity contribution is 0.0547. The molecular formula is C17H22N4O4S. The summed E-state index contributed by atoms with van der Waals surface area (Å²) >= 11 is 0. The molecule has 0 saturated carbocycles. The van der Waals surface area contributed by atoms with Gasteiger partial charge in [-0.1, -0.05) is 6.07 Å². The van der Waals surface area contributed by atoms with Crippen LogP contribution in [0.4, 0.5) is 0 Å². The van der Waals surface area contributed by atoms with Gasteiger partial charge in [0.05, 0.1) is 17.2 Å². The molecule has 0 aliphatic carbocycles. The predicted molar refractivity (Wildman–Crippen MR) is 95.1 cm³/mol. The van der Waals surface area contributed by atoms with E-state index in [1.54, 1.807) is 18.3 Å². The number of carbonyl (C=O) groups excluding carboxylic acids is 1. The first-order chi connectivity index (χ1) is 12.4. The monoisotopic (exact) mass is 378 g/mol. The molecule has 1 fully saturated rings. The van der Waals surface area contributed by atoms with Gasteiger partial charge in [-0.3, -0.25) is 9.48 Å². The summed E-state index contributed by atoms with van der Waals surface area (Å²) in [6.45, 7) is 3.30. The molecular weight excluding hydrogens is 356 g/mol. The molecule has 1 amide bonds. The minimum atomic E-state index is -3.67. The van der Waals surface area contributed by atoms with E-state index in [0.717, 1.165) is 12.0 Å². The number of aryl methyl sites for hydroxylation is 2. The van der Waals surface area contributed by atoms with E-state index in [4.69, 9.17) is 0 Å². The summed E-state index contributed by atoms with van der Waals surface area (Å²) in [5.41, 5.74) is 1.38. The van der Waals surface area contributed by atoms with Gasteiger partial charge >= 0.3 is 0 Å². The Morgan fingerprint density at radius 1 is 1.38 bits per heavy atom. The van der Waals surface area contributed by atoms with Gasteiger partial charge in [-0.25, -0.2) is 8.42 Å². The lowest BCUT2D eigenvalue weighted by Gasteiger charge is -2.34. The summed E-state index contributed by atoms with van der Waals surface area (Å²) in [6, 6.07) is 5.95. The first-order valence-electron chi connectivity index (χ1n) is 8.42. The van der Waals surface area contributed by atoms with E-state index in [1.807, 2.05) is 17.8 Å². The molecule has 140 valence electrons. The van der Waals surface area contributed by atoms with Crippen LogP contribution >= 0.6 is 0 Å². The molecule has 0 bridgehead atoms. The lowest BCUT2D eigenvalue weighted by atomic mass is 10.2. The minimum Gasteiger partial charge on any atom is -0.390 e. The highest BCUT2D eigenvalue weighted by Crippen LogP contribution is 2.22. The predicted octanol–water partition coefficient (Wildman–Crippen LogP) is 0.377. The molecule has 26 heavy (non-hydrogen) atoms. The van der Waals surface area contributed by atoms with Crippen LogP contribution in [0.15, 0.2) is 41.6 Å². The number of hydrogen-bond donors (Lipinski definition) is 2. The fraction of sp³-hybridized carbons (Fsp3) is 0.412. The number of aromatic nitrogens is 2. The van der Waals surface area contributed by atoms with Gasteiger partial charge < -0.3 is 10.4 Å². The summed E-state index contributed by atoms with van der Waals surface area (Å²) in [5, 5.41) is 16.3. The summed E-state index contributed by atoms with van der Waals surface area (Å²) in [4.78, 5) is 12.3. The highest BCUT2D eigenvalue weighted by molar-refractivity contribution is 7.89. The Hall–Kier alpha value is -2.23. The zero-order valence-electron chi connectivity index (χ0n) is 14.5. The number of rotatable bonds is 7. The number of nitrogens with one attached hydrogen (secondary N) is 1. The quantitative estimate of drug-likeness (QED) is 0.678. The number of nitrogens with zero attached hydrogens (tertiary/aromatic N) is 3. The van der Waals surface area contributed by atoms with Crippen LogP contribution in [0.25, 0.3) is 0 Å². The molecule has 0 unspecified atom stereocenters. The first-order valence-corrected chi connectivity index (χ1v) is 9.86. The van der Waals surface area contributed by atoms with Crippen LogP contribution < -0.4 is 5.32 Å². The molecule has 2 heterocycles. The van der Waals surface area contributed by atoms with Crippen molar-refractivity contribution in [2.45, 2.75) is 30.9 Å². The number of aliphatic hydroxyl groups excluding tert-OH is 1. The van der Waals surface area contributed by atoms with Crippen molar-refractivity contribution in [2.75, 3.05) is 19.6 Å². The summed E-state index contributed by atoms with van der Waals surface area (Å²) in [5.74, 6) is -0.317. The zero-order valence-corrected chi connectivity index (χ0v) is 15.3. The maximum atomic E-state index is 12.4. The van der Waals surface area contributed by atoms with E-state index in [9.17, 15) is 18.3 Å². The third kappa shape index (κ3) is 4.12. The number of benzene rings is 1. The largest absolute Gasteiger partial charge is 0.390 e. The van der Waals surface area contributed by atoms with Crippen molar-refractivity contribution in [3.8, 4) is 0 Å². The normalized spacial score (nSPS) is 15.6. The van der Waals surface area contributed by atoms with Gasteiger partial charge in [-0.2, -0.15) is 9.40 Å². The Morgan fingerprint density at radius 2 is 2.15 bits per heavy atom. The van der Waals surface area contributed by atoms with Gasteiger partial charge in [0.15, 0.2) is 0 Å². The van der Waals surface area contributed by atoms with E-state index < -0.39 is 16.1 Å². The van der Waals surface area contributed by atoms with Crippen molar-refractivity contribution in [1.82, 2.24) is 19.4 Å². The Morgan fingerprint density at radius 3 is 2.81 bits per heavy atom. The number of aliphatic hydroxyl groups is 1. The first kappa shape index (κ1) is 18.6. The SMILES string of the molecule is Cc1cnn(CCCNC(=O)c2cccc(S(=O)(=O)N3CC(O)C3)c2)c1. The van der Waals surface area contributed by atoms with Gasteiger partial charge in [0.1, 0.15) is 0 Å². The highest BCUT2D eigenvalue weighted by Gasteiger charge is 2.35. The van der Waals surface area contributed by atoms with Crippen molar-refractivity contribution in [3.05, 3.63) is 47.8 Å². The van der Waals surface area contributed by atoms with Crippen LogP contribution in [0.2, 0.25) is 0 Å². The molecule has 9 heteroatoms.